The van der Waals surface area contributed by atoms with E-state index in [1.54, 1.807) is 12.5 Å². The first kappa shape index (κ1) is 25.1. The van der Waals surface area contributed by atoms with Gasteiger partial charge in [-0.1, -0.05) is 72.3 Å². The van der Waals surface area contributed by atoms with Gasteiger partial charge in [-0.2, -0.15) is 0 Å². The van der Waals surface area contributed by atoms with Crippen molar-refractivity contribution in [3.8, 4) is 0 Å². The molecule has 0 aromatic rings. The van der Waals surface area contributed by atoms with Crippen molar-refractivity contribution in [2.24, 2.45) is 58.2 Å². The van der Waals surface area contributed by atoms with Crippen LogP contribution in [0.4, 0.5) is 0 Å². The Labute approximate surface area is 204 Å². The second-order valence-corrected chi connectivity index (χ2v) is 13.3. The minimum absolute atomic E-state index is 0.0937. The fraction of sp³-hybridized carbons (Fsp3) is 0.839. The minimum Gasteiger partial charge on any atom is -0.462 e. The van der Waals surface area contributed by atoms with Crippen molar-refractivity contribution >= 4 is 5.97 Å². The Hall–Kier alpha value is -1.05. The van der Waals surface area contributed by atoms with Gasteiger partial charge in [0.1, 0.15) is 6.10 Å². The molecule has 10 atom stereocenters. The molecule has 0 saturated heterocycles. The van der Waals surface area contributed by atoms with Crippen molar-refractivity contribution in [2.45, 2.75) is 106 Å². The highest BCUT2D eigenvalue weighted by Gasteiger charge is 2.60. The number of fused-ring (bicyclic) bond motifs is 5. The summed E-state index contributed by atoms with van der Waals surface area (Å²) in [4.78, 5) is 11.6. The summed E-state index contributed by atoms with van der Waals surface area (Å²) >= 11 is 0. The van der Waals surface area contributed by atoms with Crippen molar-refractivity contribution in [3.63, 3.8) is 0 Å². The molecule has 0 amide bonds. The molecule has 4 rings (SSSR count). The third-order valence-corrected chi connectivity index (χ3v) is 11.2. The van der Waals surface area contributed by atoms with Crippen molar-refractivity contribution in [1.82, 2.24) is 0 Å². The van der Waals surface area contributed by atoms with Crippen molar-refractivity contribution in [2.75, 3.05) is 0 Å². The lowest BCUT2D eigenvalue weighted by molar-refractivity contribution is -0.149. The van der Waals surface area contributed by atoms with Crippen LogP contribution in [0, 0.1) is 58.2 Å². The highest BCUT2D eigenvalue weighted by molar-refractivity contribution is 5.66. The number of rotatable bonds is 5. The van der Waals surface area contributed by atoms with E-state index in [4.69, 9.17) is 4.74 Å². The second-order valence-electron chi connectivity index (χ2n) is 13.3. The summed E-state index contributed by atoms with van der Waals surface area (Å²) in [6.07, 6.45) is 16.6. The zero-order chi connectivity index (χ0) is 24.1. The molecule has 0 N–H and O–H groups in total. The van der Waals surface area contributed by atoms with Gasteiger partial charge in [-0.25, -0.2) is 0 Å². The van der Waals surface area contributed by atoms with Gasteiger partial charge >= 0.3 is 5.97 Å². The second kappa shape index (κ2) is 9.19. The van der Waals surface area contributed by atoms with Crippen molar-refractivity contribution in [1.29, 1.82) is 0 Å². The van der Waals surface area contributed by atoms with E-state index in [9.17, 15) is 4.79 Å². The maximum absolute atomic E-state index is 11.6. The summed E-state index contributed by atoms with van der Waals surface area (Å²) in [7, 11) is 0. The first-order valence-electron chi connectivity index (χ1n) is 14.0. The van der Waals surface area contributed by atoms with Crippen LogP contribution < -0.4 is 0 Å². The summed E-state index contributed by atoms with van der Waals surface area (Å²) in [6, 6.07) is 0. The van der Waals surface area contributed by atoms with Crippen LogP contribution in [0.2, 0.25) is 0 Å². The monoisotopic (exact) mass is 454 g/mol. The summed E-state index contributed by atoms with van der Waals surface area (Å²) in [5, 5.41) is 0. The Morgan fingerprint density at radius 3 is 2.42 bits per heavy atom. The van der Waals surface area contributed by atoms with E-state index in [1.807, 2.05) is 0 Å². The standard InChI is InChI=1S/C31H50O2/c1-19(2)20(3)9-10-21(4)26-11-12-27-29-22(5)17-24-18-25(33-23(6)32)13-15-30(24,7)28(29)14-16-31(26,27)8/h9-10,17,19-22,25-29H,11-16,18H2,1-8H3. The van der Waals surface area contributed by atoms with E-state index < -0.39 is 0 Å². The number of allylic oxidation sites excluding steroid dienone is 3. The molecular weight excluding hydrogens is 404 g/mol. The third-order valence-electron chi connectivity index (χ3n) is 11.2. The largest absolute Gasteiger partial charge is 0.462 e. The van der Waals surface area contributed by atoms with Crippen LogP contribution in [0.15, 0.2) is 23.8 Å². The molecular formula is C31H50O2. The third kappa shape index (κ3) is 4.38. The molecule has 0 aromatic heterocycles. The Bertz CT molecular complexity index is 793. The summed E-state index contributed by atoms with van der Waals surface area (Å²) in [6.45, 7) is 18.8. The number of esters is 1. The maximum atomic E-state index is 11.6. The van der Waals surface area contributed by atoms with Crippen LogP contribution in [0.5, 0.6) is 0 Å². The van der Waals surface area contributed by atoms with Gasteiger partial charge in [-0.15, -0.1) is 0 Å². The van der Waals surface area contributed by atoms with E-state index >= 15 is 0 Å². The van der Waals surface area contributed by atoms with Gasteiger partial charge in [0.05, 0.1) is 0 Å². The molecule has 186 valence electrons. The number of ether oxygens (including phenoxy) is 1. The maximum Gasteiger partial charge on any atom is 0.302 e. The fourth-order valence-electron chi connectivity index (χ4n) is 8.93. The highest BCUT2D eigenvalue weighted by atomic mass is 16.5. The average molecular weight is 455 g/mol. The van der Waals surface area contributed by atoms with Gasteiger partial charge < -0.3 is 4.74 Å². The molecule has 4 aliphatic rings. The molecule has 3 fully saturated rings. The number of carbonyl (C=O) groups excluding carboxylic acids is 1. The molecule has 10 unspecified atom stereocenters. The van der Waals surface area contributed by atoms with Gasteiger partial charge in [-0.3, -0.25) is 4.79 Å². The normalized spacial score (nSPS) is 44.6. The van der Waals surface area contributed by atoms with Gasteiger partial charge in [0.2, 0.25) is 0 Å². The molecule has 0 aliphatic heterocycles. The molecule has 0 aromatic carbocycles. The van der Waals surface area contributed by atoms with Gasteiger partial charge in [0.15, 0.2) is 0 Å². The first-order valence-corrected chi connectivity index (χ1v) is 14.0. The average Bonchev–Trinajstić information content (AvgIpc) is 3.09. The van der Waals surface area contributed by atoms with Gasteiger partial charge in [-0.05, 0) is 96.7 Å². The SMILES string of the molecule is CC(=O)OC1CCC2(C)C(=CC(C)C3C2CCC2(C)C(C(C)C=CC(C)C(C)C)CCC32)C1. The molecule has 2 heteroatoms. The van der Waals surface area contributed by atoms with E-state index in [-0.39, 0.29) is 12.1 Å². The number of carbonyl (C=O) groups is 1. The van der Waals surface area contributed by atoms with Gasteiger partial charge in [0, 0.05) is 13.3 Å². The zero-order valence-electron chi connectivity index (χ0n) is 22.7. The van der Waals surface area contributed by atoms with Crippen LogP contribution >= 0.6 is 0 Å². The lowest BCUT2D eigenvalue weighted by Gasteiger charge is -2.60. The molecule has 2 nitrogen and oxygen atoms in total. The van der Waals surface area contributed by atoms with Crippen molar-refractivity contribution in [3.05, 3.63) is 23.8 Å². The number of hydrogen-bond donors (Lipinski definition) is 0. The lowest BCUT2D eigenvalue weighted by Crippen LogP contribution is -2.53. The molecule has 0 heterocycles. The summed E-state index contributed by atoms with van der Waals surface area (Å²) < 4.78 is 5.65. The predicted octanol–water partition coefficient (Wildman–Crippen LogP) is 8.23. The Morgan fingerprint density at radius 1 is 1.03 bits per heavy atom. The van der Waals surface area contributed by atoms with Crippen LogP contribution in [0.25, 0.3) is 0 Å². The fourth-order valence-corrected chi connectivity index (χ4v) is 8.93. The smallest absolute Gasteiger partial charge is 0.302 e. The van der Waals surface area contributed by atoms with E-state index in [0.29, 0.717) is 28.6 Å². The van der Waals surface area contributed by atoms with Crippen LogP contribution in [0.1, 0.15) is 100 Å². The minimum atomic E-state index is -0.123. The Balaban J connectivity index is 1.55. The zero-order valence-corrected chi connectivity index (χ0v) is 22.7. The predicted molar refractivity (Wildman–Crippen MR) is 138 cm³/mol. The molecule has 3 saturated carbocycles. The molecule has 0 radical (unpaired) electrons. The quantitative estimate of drug-likeness (QED) is 0.309. The van der Waals surface area contributed by atoms with Crippen LogP contribution in [0.3, 0.4) is 0 Å². The van der Waals surface area contributed by atoms with E-state index in [2.05, 4.69) is 66.7 Å². The lowest BCUT2D eigenvalue weighted by atomic mass is 9.45. The van der Waals surface area contributed by atoms with Crippen LogP contribution in [-0.2, 0) is 9.53 Å². The van der Waals surface area contributed by atoms with Gasteiger partial charge in [0.25, 0.3) is 0 Å². The first-order chi connectivity index (χ1) is 15.5. The Morgan fingerprint density at radius 2 is 1.76 bits per heavy atom. The summed E-state index contributed by atoms with van der Waals surface area (Å²) in [5.74, 6) is 5.88. The number of hydrogen-bond acceptors (Lipinski definition) is 2. The molecule has 33 heavy (non-hydrogen) atoms. The Kier molecular flexibility index (Phi) is 6.98. The summed E-state index contributed by atoms with van der Waals surface area (Å²) in [5.41, 5.74) is 2.40. The highest BCUT2D eigenvalue weighted by Crippen LogP contribution is 2.68. The van der Waals surface area contributed by atoms with Crippen LogP contribution in [-0.4, -0.2) is 12.1 Å². The molecule has 4 aliphatic carbocycles. The van der Waals surface area contributed by atoms with Crippen molar-refractivity contribution < 1.29 is 9.53 Å². The van der Waals surface area contributed by atoms with E-state index in [0.717, 1.165) is 42.4 Å². The van der Waals surface area contributed by atoms with E-state index in [1.165, 1.54) is 32.1 Å². The molecule has 0 bridgehead atoms. The molecule has 0 spiro atoms. The topological polar surface area (TPSA) is 26.3 Å².